The molecule has 0 spiro atoms. The molecule has 1 aromatic heterocycles. The van der Waals surface area contributed by atoms with E-state index in [0.717, 1.165) is 23.4 Å². The van der Waals surface area contributed by atoms with Gasteiger partial charge in [0.2, 0.25) is 0 Å². The third-order valence-corrected chi connectivity index (χ3v) is 2.83. The molecule has 0 aliphatic heterocycles. The van der Waals surface area contributed by atoms with Crippen LogP contribution in [0.25, 0.3) is 11.1 Å². The Kier molecular flexibility index (Phi) is 3.24. The molecule has 0 saturated carbocycles. The van der Waals surface area contributed by atoms with Gasteiger partial charge in [0.15, 0.2) is 0 Å². The van der Waals surface area contributed by atoms with Gasteiger partial charge in [-0.25, -0.2) is 4.39 Å². The summed E-state index contributed by atoms with van der Waals surface area (Å²) >= 11 is 0. The molecule has 3 nitrogen and oxygen atoms in total. The van der Waals surface area contributed by atoms with E-state index in [0.29, 0.717) is 12.1 Å². The second-order valence-electron chi connectivity index (χ2n) is 4.00. The summed E-state index contributed by atoms with van der Waals surface area (Å²) in [6.07, 6.45) is 1.87. The molecule has 2 aromatic rings. The van der Waals surface area contributed by atoms with Crippen LogP contribution in [-0.4, -0.2) is 9.78 Å². The number of hydrogen-bond donors (Lipinski definition) is 1. The third kappa shape index (κ3) is 2.22. The fraction of sp³-hybridized carbons (Fsp3) is 0.308. The Hall–Kier alpha value is -1.68. The number of benzene rings is 1. The van der Waals surface area contributed by atoms with Crippen LogP contribution in [0.5, 0.6) is 0 Å². The van der Waals surface area contributed by atoms with Crippen LogP contribution >= 0.6 is 0 Å². The minimum absolute atomic E-state index is 0.244. The van der Waals surface area contributed by atoms with E-state index in [4.69, 9.17) is 5.73 Å². The van der Waals surface area contributed by atoms with E-state index in [2.05, 4.69) is 5.10 Å². The fourth-order valence-corrected chi connectivity index (χ4v) is 1.85. The summed E-state index contributed by atoms with van der Waals surface area (Å²) in [4.78, 5) is 0. The highest BCUT2D eigenvalue weighted by Crippen LogP contribution is 2.26. The second kappa shape index (κ2) is 4.67. The summed E-state index contributed by atoms with van der Waals surface area (Å²) in [6.45, 7) is 5.02. The molecule has 0 radical (unpaired) electrons. The summed E-state index contributed by atoms with van der Waals surface area (Å²) < 4.78 is 15.7. The maximum Gasteiger partial charge on any atom is 0.131 e. The highest BCUT2D eigenvalue weighted by atomic mass is 19.1. The number of nitrogens with two attached hydrogens (primary N) is 1. The molecule has 2 rings (SSSR count). The van der Waals surface area contributed by atoms with E-state index < -0.39 is 0 Å². The number of nitrogens with zero attached hydrogens (tertiary/aromatic N) is 2. The van der Waals surface area contributed by atoms with Crippen LogP contribution in [0.3, 0.4) is 0 Å². The Morgan fingerprint density at radius 2 is 2.12 bits per heavy atom. The summed E-state index contributed by atoms with van der Waals surface area (Å²) in [6, 6.07) is 5.10. The van der Waals surface area contributed by atoms with Crippen molar-refractivity contribution in [2.75, 3.05) is 0 Å². The van der Waals surface area contributed by atoms with E-state index in [1.165, 1.54) is 6.07 Å². The largest absolute Gasteiger partial charge is 0.326 e. The van der Waals surface area contributed by atoms with Crippen LogP contribution in [0.2, 0.25) is 0 Å². The van der Waals surface area contributed by atoms with E-state index in [1.807, 2.05) is 26.1 Å². The predicted molar refractivity (Wildman–Crippen MR) is 65.9 cm³/mol. The number of hydrogen-bond acceptors (Lipinski definition) is 2. The summed E-state index contributed by atoms with van der Waals surface area (Å²) in [5, 5.41) is 4.31. The van der Waals surface area contributed by atoms with Gasteiger partial charge < -0.3 is 5.73 Å². The van der Waals surface area contributed by atoms with Gasteiger partial charge >= 0.3 is 0 Å². The van der Waals surface area contributed by atoms with E-state index in [9.17, 15) is 4.39 Å². The van der Waals surface area contributed by atoms with Gasteiger partial charge in [0.25, 0.3) is 0 Å². The van der Waals surface area contributed by atoms with Crippen LogP contribution < -0.4 is 5.73 Å². The van der Waals surface area contributed by atoms with Crippen LogP contribution in [0, 0.1) is 12.7 Å². The summed E-state index contributed by atoms with van der Waals surface area (Å²) in [5.41, 5.74) is 8.54. The van der Waals surface area contributed by atoms with E-state index >= 15 is 0 Å². The van der Waals surface area contributed by atoms with Crippen LogP contribution in [0.4, 0.5) is 4.39 Å². The number of halogens is 1. The minimum atomic E-state index is -0.244. The van der Waals surface area contributed by atoms with E-state index in [-0.39, 0.29) is 5.82 Å². The molecule has 90 valence electrons. The first-order valence-electron chi connectivity index (χ1n) is 5.68. The molecule has 0 unspecified atom stereocenters. The van der Waals surface area contributed by atoms with Gasteiger partial charge in [-0.2, -0.15) is 5.10 Å². The highest BCUT2D eigenvalue weighted by Gasteiger charge is 2.11. The first-order chi connectivity index (χ1) is 8.15. The van der Waals surface area contributed by atoms with Crippen molar-refractivity contribution in [1.29, 1.82) is 0 Å². The lowest BCUT2D eigenvalue weighted by atomic mass is 10.0. The molecule has 17 heavy (non-hydrogen) atoms. The van der Waals surface area contributed by atoms with Gasteiger partial charge in [-0.05, 0) is 25.5 Å². The zero-order valence-electron chi connectivity index (χ0n) is 10.1. The first-order valence-corrected chi connectivity index (χ1v) is 5.68. The Balaban J connectivity index is 2.48. The van der Waals surface area contributed by atoms with Crippen molar-refractivity contribution < 1.29 is 4.39 Å². The van der Waals surface area contributed by atoms with Crippen molar-refractivity contribution in [2.24, 2.45) is 5.73 Å². The van der Waals surface area contributed by atoms with Crippen molar-refractivity contribution >= 4 is 0 Å². The molecule has 4 heteroatoms. The maximum absolute atomic E-state index is 13.9. The fourth-order valence-electron chi connectivity index (χ4n) is 1.85. The Bertz CT molecular complexity index is 531. The van der Waals surface area contributed by atoms with Crippen LogP contribution in [0.15, 0.2) is 24.4 Å². The Labute approximate surface area is 100 Å². The summed E-state index contributed by atoms with van der Waals surface area (Å²) in [7, 11) is 0. The molecule has 0 bridgehead atoms. The van der Waals surface area contributed by atoms with Crippen molar-refractivity contribution in [3.05, 3.63) is 41.5 Å². The van der Waals surface area contributed by atoms with Gasteiger partial charge in [0.05, 0.1) is 5.69 Å². The molecular weight excluding hydrogens is 217 g/mol. The molecule has 0 saturated heterocycles. The lowest BCUT2D eigenvalue weighted by Crippen LogP contribution is -1.97. The minimum Gasteiger partial charge on any atom is -0.326 e. The highest BCUT2D eigenvalue weighted by molar-refractivity contribution is 5.66. The molecular formula is C13H16FN3. The van der Waals surface area contributed by atoms with Crippen LogP contribution in [-0.2, 0) is 13.1 Å². The van der Waals surface area contributed by atoms with Crippen molar-refractivity contribution in [1.82, 2.24) is 9.78 Å². The molecule has 1 aromatic carbocycles. The quantitative estimate of drug-likeness (QED) is 0.885. The van der Waals surface area contributed by atoms with Gasteiger partial charge in [0.1, 0.15) is 5.82 Å². The zero-order chi connectivity index (χ0) is 12.4. The Morgan fingerprint density at radius 3 is 2.65 bits per heavy atom. The number of rotatable bonds is 3. The smallest absolute Gasteiger partial charge is 0.131 e. The monoisotopic (exact) mass is 233 g/mol. The summed E-state index contributed by atoms with van der Waals surface area (Å²) in [5.74, 6) is -0.244. The average Bonchev–Trinajstić information content (AvgIpc) is 2.70. The van der Waals surface area contributed by atoms with Gasteiger partial charge in [-0.15, -0.1) is 0 Å². The lowest BCUT2D eigenvalue weighted by Gasteiger charge is -2.03. The van der Waals surface area contributed by atoms with Gasteiger partial charge in [-0.3, -0.25) is 4.68 Å². The first kappa shape index (κ1) is 11.8. The molecule has 0 aliphatic carbocycles. The SMILES string of the molecule is CCn1cc(-c2ccc(CN)cc2F)c(C)n1. The molecule has 0 atom stereocenters. The Morgan fingerprint density at radius 1 is 1.35 bits per heavy atom. The third-order valence-electron chi connectivity index (χ3n) is 2.83. The lowest BCUT2D eigenvalue weighted by molar-refractivity contribution is 0.628. The zero-order valence-corrected chi connectivity index (χ0v) is 10.1. The molecule has 1 heterocycles. The standard InChI is InChI=1S/C13H16FN3/c1-3-17-8-12(9(2)16-17)11-5-4-10(7-15)6-13(11)14/h4-6,8H,3,7,15H2,1-2H3. The van der Waals surface area contributed by atoms with Crippen LogP contribution in [0.1, 0.15) is 18.2 Å². The number of aromatic nitrogens is 2. The van der Waals surface area contributed by atoms with Crippen molar-refractivity contribution in [3.8, 4) is 11.1 Å². The molecule has 0 amide bonds. The average molecular weight is 233 g/mol. The molecule has 2 N–H and O–H groups in total. The van der Waals surface area contributed by atoms with E-state index in [1.54, 1.807) is 10.7 Å². The molecule has 0 fully saturated rings. The maximum atomic E-state index is 13.9. The second-order valence-corrected chi connectivity index (χ2v) is 4.00. The topological polar surface area (TPSA) is 43.8 Å². The van der Waals surface area contributed by atoms with Crippen molar-refractivity contribution in [2.45, 2.75) is 26.9 Å². The number of aryl methyl sites for hydroxylation is 2. The van der Waals surface area contributed by atoms with Gasteiger partial charge in [-0.1, -0.05) is 12.1 Å². The van der Waals surface area contributed by atoms with Gasteiger partial charge in [0, 0.05) is 30.4 Å². The van der Waals surface area contributed by atoms with Crippen molar-refractivity contribution in [3.63, 3.8) is 0 Å². The predicted octanol–water partition coefficient (Wildman–Crippen LogP) is 2.48. The normalized spacial score (nSPS) is 10.8. The molecule has 0 aliphatic rings.